The number of nitrogens with zero attached hydrogens (tertiary/aromatic N) is 2. The van der Waals surface area contributed by atoms with E-state index in [0.717, 1.165) is 16.3 Å². The van der Waals surface area contributed by atoms with Gasteiger partial charge in [0.05, 0.1) is 11.6 Å². The number of rotatable bonds is 4. The van der Waals surface area contributed by atoms with Crippen LogP contribution in [-0.4, -0.2) is 20.9 Å². The van der Waals surface area contributed by atoms with Gasteiger partial charge in [-0.15, -0.1) is 22.9 Å². The standard InChI is InChI=1S/C14H11ClN4OS/c15-7-11-8-21-13(18-11)10-3-1-2-9(6-10)12(20)19-14-16-4-5-17-14/h1-6,8H,7H2,(H2,16,17,19,20). The first kappa shape index (κ1) is 13.8. The van der Waals surface area contributed by atoms with Gasteiger partial charge in [0.2, 0.25) is 5.95 Å². The minimum Gasteiger partial charge on any atom is -0.331 e. The lowest BCUT2D eigenvalue weighted by atomic mass is 10.1. The molecule has 0 aliphatic rings. The van der Waals surface area contributed by atoms with E-state index >= 15 is 0 Å². The van der Waals surface area contributed by atoms with Crippen molar-refractivity contribution in [3.8, 4) is 10.6 Å². The zero-order valence-corrected chi connectivity index (χ0v) is 12.4. The number of imidazole rings is 1. The SMILES string of the molecule is O=C(Nc1ncc[nH]1)c1cccc(-c2nc(CCl)cs2)c1. The molecule has 0 radical (unpaired) electrons. The molecule has 1 amide bonds. The summed E-state index contributed by atoms with van der Waals surface area (Å²) in [5.74, 6) is 0.583. The number of aromatic amines is 1. The maximum Gasteiger partial charge on any atom is 0.257 e. The number of carbonyl (C=O) groups excluding carboxylic acids is 1. The van der Waals surface area contributed by atoms with Gasteiger partial charge in [-0.2, -0.15) is 0 Å². The minimum atomic E-state index is -0.221. The number of H-pyrrole nitrogens is 1. The molecule has 2 N–H and O–H groups in total. The third kappa shape index (κ3) is 3.12. The zero-order valence-electron chi connectivity index (χ0n) is 10.8. The van der Waals surface area contributed by atoms with E-state index in [9.17, 15) is 4.79 Å². The van der Waals surface area contributed by atoms with E-state index in [0.29, 0.717) is 17.4 Å². The molecule has 3 rings (SSSR count). The summed E-state index contributed by atoms with van der Waals surface area (Å²) < 4.78 is 0. The second kappa shape index (κ2) is 6.07. The minimum absolute atomic E-state index is 0.221. The number of hydrogen-bond acceptors (Lipinski definition) is 4. The molecule has 5 nitrogen and oxygen atoms in total. The fraction of sp³-hybridized carbons (Fsp3) is 0.0714. The van der Waals surface area contributed by atoms with Crippen LogP contribution < -0.4 is 5.32 Å². The molecular formula is C14H11ClN4OS. The molecule has 106 valence electrons. The van der Waals surface area contributed by atoms with E-state index in [-0.39, 0.29) is 5.91 Å². The molecule has 0 unspecified atom stereocenters. The predicted octanol–water partition coefficient (Wildman–Crippen LogP) is 3.52. The summed E-state index contributed by atoms with van der Waals surface area (Å²) >= 11 is 7.27. The molecule has 0 aliphatic heterocycles. The first-order valence-electron chi connectivity index (χ1n) is 6.18. The van der Waals surface area contributed by atoms with Crippen molar-refractivity contribution in [3.63, 3.8) is 0 Å². The van der Waals surface area contributed by atoms with Crippen LogP contribution in [0.2, 0.25) is 0 Å². The molecule has 0 aliphatic carbocycles. The van der Waals surface area contributed by atoms with Gasteiger partial charge in [-0.3, -0.25) is 10.1 Å². The molecule has 0 saturated carbocycles. The third-order valence-corrected chi connectivity index (χ3v) is 4.00. The summed E-state index contributed by atoms with van der Waals surface area (Å²) in [6.07, 6.45) is 3.23. The summed E-state index contributed by atoms with van der Waals surface area (Å²) in [4.78, 5) is 23.4. The number of halogens is 1. The van der Waals surface area contributed by atoms with Crippen LogP contribution >= 0.6 is 22.9 Å². The fourth-order valence-electron chi connectivity index (χ4n) is 1.81. The van der Waals surface area contributed by atoms with Crippen LogP contribution in [0, 0.1) is 0 Å². The Hall–Kier alpha value is -2.18. The smallest absolute Gasteiger partial charge is 0.257 e. The molecule has 0 atom stereocenters. The fourth-order valence-corrected chi connectivity index (χ4v) is 2.85. The quantitative estimate of drug-likeness (QED) is 0.723. The highest BCUT2D eigenvalue weighted by molar-refractivity contribution is 7.13. The first-order chi connectivity index (χ1) is 10.3. The monoisotopic (exact) mass is 318 g/mol. The van der Waals surface area contributed by atoms with Gasteiger partial charge in [0.25, 0.3) is 5.91 Å². The molecule has 0 spiro atoms. The van der Waals surface area contributed by atoms with E-state index in [2.05, 4.69) is 20.3 Å². The number of anilines is 1. The maximum atomic E-state index is 12.1. The highest BCUT2D eigenvalue weighted by Gasteiger charge is 2.10. The van der Waals surface area contributed by atoms with E-state index in [1.54, 1.807) is 24.5 Å². The Labute approximate surface area is 130 Å². The van der Waals surface area contributed by atoms with Gasteiger partial charge in [-0.25, -0.2) is 9.97 Å². The Morgan fingerprint density at radius 3 is 3.05 bits per heavy atom. The number of alkyl halides is 1. The van der Waals surface area contributed by atoms with Gasteiger partial charge >= 0.3 is 0 Å². The highest BCUT2D eigenvalue weighted by Crippen LogP contribution is 2.25. The lowest BCUT2D eigenvalue weighted by Crippen LogP contribution is -2.12. The maximum absolute atomic E-state index is 12.1. The molecule has 1 aromatic carbocycles. The van der Waals surface area contributed by atoms with Crippen LogP contribution in [0.5, 0.6) is 0 Å². The Kier molecular flexibility index (Phi) is 3.98. The number of thiazole rings is 1. The number of hydrogen-bond donors (Lipinski definition) is 2. The molecule has 0 fully saturated rings. The predicted molar refractivity (Wildman–Crippen MR) is 83.6 cm³/mol. The number of benzene rings is 1. The molecule has 7 heteroatoms. The Morgan fingerprint density at radius 1 is 1.43 bits per heavy atom. The average Bonchev–Trinajstić information content (AvgIpc) is 3.18. The first-order valence-corrected chi connectivity index (χ1v) is 7.59. The van der Waals surface area contributed by atoms with Crippen molar-refractivity contribution in [2.24, 2.45) is 0 Å². The molecule has 3 aromatic rings. The van der Waals surface area contributed by atoms with Gasteiger partial charge in [-0.1, -0.05) is 12.1 Å². The Morgan fingerprint density at radius 2 is 2.33 bits per heavy atom. The topological polar surface area (TPSA) is 70.7 Å². The number of carbonyl (C=O) groups is 1. The van der Waals surface area contributed by atoms with Gasteiger partial charge in [0.1, 0.15) is 5.01 Å². The van der Waals surface area contributed by atoms with Crippen molar-refractivity contribution in [1.82, 2.24) is 15.0 Å². The molecule has 21 heavy (non-hydrogen) atoms. The van der Waals surface area contributed by atoms with Crippen molar-refractivity contribution in [3.05, 3.63) is 53.3 Å². The second-order valence-corrected chi connectivity index (χ2v) is 5.38. The van der Waals surface area contributed by atoms with Crippen molar-refractivity contribution < 1.29 is 4.79 Å². The van der Waals surface area contributed by atoms with Gasteiger partial charge in [-0.05, 0) is 12.1 Å². The van der Waals surface area contributed by atoms with Crippen molar-refractivity contribution in [2.75, 3.05) is 5.32 Å². The van der Waals surface area contributed by atoms with Crippen molar-refractivity contribution in [1.29, 1.82) is 0 Å². The van der Waals surface area contributed by atoms with Crippen LogP contribution in [0.3, 0.4) is 0 Å². The van der Waals surface area contributed by atoms with E-state index < -0.39 is 0 Å². The molecule has 2 aromatic heterocycles. The van der Waals surface area contributed by atoms with Gasteiger partial charge in [0, 0.05) is 28.9 Å². The summed E-state index contributed by atoms with van der Waals surface area (Å²) in [5.41, 5.74) is 2.28. The summed E-state index contributed by atoms with van der Waals surface area (Å²) in [7, 11) is 0. The summed E-state index contributed by atoms with van der Waals surface area (Å²) in [5, 5.41) is 5.45. The molecule has 2 heterocycles. The van der Waals surface area contributed by atoms with Crippen LogP contribution in [-0.2, 0) is 5.88 Å². The normalized spacial score (nSPS) is 10.5. The number of aromatic nitrogens is 3. The number of nitrogens with one attached hydrogen (secondary N) is 2. The van der Waals surface area contributed by atoms with E-state index in [4.69, 9.17) is 11.6 Å². The molecule has 0 saturated heterocycles. The van der Waals surface area contributed by atoms with Crippen molar-refractivity contribution in [2.45, 2.75) is 5.88 Å². The van der Waals surface area contributed by atoms with E-state index in [1.807, 2.05) is 17.5 Å². The van der Waals surface area contributed by atoms with Crippen LogP contribution in [0.15, 0.2) is 42.0 Å². The summed E-state index contributed by atoms with van der Waals surface area (Å²) in [6, 6.07) is 7.29. The van der Waals surface area contributed by atoms with Gasteiger partial charge in [0.15, 0.2) is 0 Å². The lowest BCUT2D eigenvalue weighted by molar-refractivity contribution is 0.102. The largest absolute Gasteiger partial charge is 0.331 e. The molecular weight excluding hydrogens is 308 g/mol. The Bertz CT molecular complexity index is 754. The van der Waals surface area contributed by atoms with E-state index in [1.165, 1.54) is 11.3 Å². The zero-order chi connectivity index (χ0) is 14.7. The third-order valence-electron chi connectivity index (χ3n) is 2.79. The van der Waals surface area contributed by atoms with Crippen LogP contribution in [0.25, 0.3) is 10.6 Å². The van der Waals surface area contributed by atoms with Crippen molar-refractivity contribution >= 4 is 34.8 Å². The highest BCUT2D eigenvalue weighted by atomic mass is 35.5. The van der Waals surface area contributed by atoms with Gasteiger partial charge < -0.3 is 4.98 Å². The van der Waals surface area contributed by atoms with Crippen LogP contribution in [0.4, 0.5) is 5.95 Å². The van der Waals surface area contributed by atoms with Crippen LogP contribution in [0.1, 0.15) is 16.1 Å². The molecule has 0 bridgehead atoms. The Balaban J connectivity index is 1.84. The summed E-state index contributed by atoms with van der Waals surface area (Å²) in [6.45, 7) is 0. The number of amides is 1. The average molecular weight is 319 g/mol. The second-order valence-electron chi connectivity index (χ2n) is 4.25. The lowest BCUT2D eigenvalue weighted by Gasteiger charge is -2.03.